The lowest BCUT2D eigenvalue weighted by molar-refractivity contribution is -0.126. The van der Waals surface area contributed by atoms with Crippen LogP contribution in [-0.2, 0) is 16.1 Å². The second-order valence-electron chi connectivity index (χ2n) is 9.21. The third-order valence-electron chi connectivity index (χ3n) is 6.60. The van der Waals surface area contributed by atoms with E-state index in [4.69, 9.17) is 0 Å². The van der Waals surface area contributed by atoms with Crippen molar-refractivity contribution < 1.29 is 19.2 Å². The van der Waals surface area contributed by atoms with Crippen molar-refractivity contribution in [3.8, 4) is 11.4 Å². The van der Waals surface area contributed by atoms with Gasteiger partial charge in [-0.2, -0.15) is 0 Å². The summed E-state index contributed by atoms with van der Waals surface area (Å²) in [6.07, 6.45) is 2.71. The molecule has 5 rings (SSSR count). The molecule has 3 heterocycles. The van der Waals surface area contributed by atoms with Crippen LogP contribution in [0.5, 0.6) is 0 Å². The zero-order chi connectivity index (χ0) is 26.8. The molecule has 0 spiro atoms. The Morgan fingerprint density at radius 3 is 2.66 bits per heavy atom. The molecule has 1 saturated heterocycles. The smallest absolute Gasteiger partial charge is 0.255 e. The molecule has 192 valence electrons. The monoisotopic (exact) mass is 510 g/mol. The van der Waals surface area contributed by atoms with Crippen molar-refractivity contribution in [2.24, 2.45) is 0 Å². The van der Waals surface area contributed by atoms with Gasteiger partial charge in [-0.1, -0.05) is 36.9 Å². The first kappa shape index (κ1) is 24.8. The summed E-state index contributed by atoms with van der Waals surface area (Å²) >= 11 is 0. The molecular weight excluding hydrogens is 484 g/mol. The Morgan fingerprint density at radius 1 is 1.13 bits per heavy atom. The molecular formula is C28H26N6O4. The standard InChI is InChI=1S/C28H26N6O4/c1-16-6-11-23(27(37)31-16)34-15-21-20(28(34)38)4-3-5-22(21)32-25(36)14-30-24-12-13-29-26(33-24)19-9-7-18(8-10-19)17(2)35/h3-5,7-10,12-13,23H,1,6,11,14-15H2,2H3,(H,31,37)(H,32,36)(H,29,30,33). The van der Waals surface area contributed by atoms with Crippen molar-refractivity contribution in [2.45, 2.75) is 32.4 Å². The molecule has 3 amide bonds. The van der Waals surface area contributed by atoms with Crippen LogP contribution < -0.4 is 16.0 Å². The van der Waals surface area contributed by atoms with Crippen molar-refractivity contribution in [3.05, 3.63) is 83.7 Å². The van der Waals surface area contributed by atoms with Gasteiger partial charge in [0.05, 0.1) is 6.54 Å². The molecule has 0 aliphatic carbocycles. The molecule has 10 heteroatoms. The van der Waals surface area contributed by atoms with E-state index in [1.807, 2.05) is 0 Å². The molecule has 10 nitrogen and oxygen atoms in total. The molecule has 0 bridgehead atoms. The first-order valence-corrected chi connectivity index (χ1v) is 12.2. The molecule has 1 fully saturated rings. The predicted octanol–water partition coefficient (Wildman–Crippen LogP) is 3.14. The van der Waals surface area contributed by atoms with E-state index < -0.39 is 6.04 Å². The maximum absolute atomic E-state index is 13.0. The van der Waals surface area contributed by atoms with Crippen LogP contribution in [-0.4, -0.2) is 51.0 Å². The topological polar surface area (TPSA) is 133 Å². The Kier molecular flexibility index (Phi) is 6.69. The van der Waals surface area contributed by atoms with E-state index in [0.717, 1.165) is 5.56 Å². The molecule has 38 heavy (non-hydrogen) atoms. The van der Waals surface area contributed by atoms with Crippen LogP contribution in [0.4, 0.5) is 11.5 Å². The van der Waals surface area contributed by atoms with Crippen molar-refractivity contribution in [2.75, 3.05) is 17.2 Å². The number of fused-ring (bicyclic) bond motifs is 1. The highest BCUT2D eigenvalue weighted by atomic mass is 16.2. The highest BCUT2D eigenvalue weighted by Gasteiger charge is 2.39. The zero-order valence-corrected chi connectivity index (χ0v) is 20.8. The number of hydrogen-bond donors (Lipinski definition) is 3. The number of nitrogens with zero attached hydrogens (tertiary/aromatic N) is 3. The lowest BCUT2D eigenvalue weighted by Crippen LogP contribution is -2.49. The minimum absolute atomic E-state index is 0.0224. The summed E-state index contributed by atoms with van der Waals surface area (Å²) in [5.41, 5.74) is 3.68. The lowest BCUT2D eigenvalue weighted by Gasteiger charge is -2.31. The van der Waals surface area contributed by atoms with Gasteiger partial charge in [-0.3, -0.25) is 19.2 Å². The summed E-state index contributed by atoms with van der Waals surface area (Å²) in [5.74, 6) is 0.112. The number of amides is 3. The number of ketones is 1. The van der Waals surface area contributed by atoms with Gasteiger partial charge in [-0.25, -0.2) is 9.97 Å². The minimum Gasteiger partial charge on any atom is -0.361 e. The SMILES string of the molecule is C=C1CCC(N2Cc3c(NC(=O)CNc4ccnc(-c5ccc(C(C)=O)cc5)n4)cccc3C2=O)C(=O)N1. The third kappa shape index (κ3) is 5.01. The number of allylic oxidation sites excluding steroid dienone is 1. The second-order valence-corrected chi connectivity index (χ2v) is 9.21. The zero-order valence-electron chi connectivity index (χ0n) is 20.8. The molecule has 1 atom stereocenters. The fourth-order valence-electron chi connectivity index (χ4n) is 4.60. The maximum Gasteiger partial charge on any atom is 0.255 e. The maximum atomic E-state index is 13.0. The Labute approximate surface area is 219 Å². The number of carbonyl (C=O) groups excluding carboxylic acids is 4. The highest BCUT2D eigenvalue weighted by Crippen LogP contribution is 2.32. The van der Waals surface area contributed by atoms with E-state index in [-0.39, 0.29) is 36.6 Å². The summed E-state index contributed by atoms with van der Waals surface area (Å²) in [7, 11) is 0. The number of nitrogens with one attached hydrogen (secondary N) is 3. The lowest BCUT2D eigenvalue weighted by atomic mass is 10.0. The molecule has 2 aliphatic heterocycles. The van der Waals surface area contributed by atoms with Crippen LogP contribution in [0.1, 0.15) is 46.0 Å². The summed E-state index contributed by atoms with van der Waals surface area (Å²) in [6, 6.07) is 13.2. The first-order valence-electron chi connectivity index (χ1n) is 12.2. The van der Waals surface area contributed by atoms with Gasteiger partial charge in [0.15, 0.2) is 11.6 Å². The molecule has 0 radical (unpaired) electrons. The highest BCUT2D eigenvalue weighted by molar-refractivity contribution is 6.04. The number of carbonyl (C=O) groups is 4. The largest absolute Gasteiger partial charge is 0.361 e. The molecule has 1 aromatic heterocycles. The van der Waals surface area contributed by atoms with Crippen molar-refractivity contribution in [1.82, 2.24) is 20.2 Å². The van der Waals surface area contributed by atoms with Gasteiger partial charge in [-0.05, 0) is 38.0 Å². The Hall–Kier alpha value is -4.86. The molecule has 2 aliphatic rings. The van der Waals surface area contributed by atoms with E-state index >= 15 is 0 Å². The molecule has 2 aromatic carbocycles. The van der Waals surface area contributed by atoms with Crippen molar-refractivity contribution in [1.29, 1.82) is 0 Å². The predicted molar refractivity (Wildman–Crippen MR) is 141 cm³/mol. The Morgan fingerprint density at radius 2 is 1.92 bits per heavy atom. The van der Waals surface area contributed by atoms with Gasteiger partial charge in [-0.15, -0.1) is 0 Å². The van der Waals surface area contributed by atoms with Gasteiger partial charge >= 0.3 is 0 Å². The van der Waals surface area contributed by atoms with Crippen molar-refractivity contribution in [3.63, 3.8) is 0 Å². The number of anilines is 2. The number of benzene rings is 2. The normalized spacial score (nSPS) is 16.6. The third-order valence-corrected chi connectivity index (χ3v) is 6.60. The average molecular weight is 511 g/mol. The van der Waals surface area contributed by atoms with E-state index in [9.17, 15) is 19.2 Å². The number of hydrogen-bond acceptors (Lipinski definition) is 7. The van der Waals surface area contributed by atoms with Gasteiger partial charge in [0.2, 0.25) is 11.8 Å². The second kappa shape index (κ2) is 10.3. The minimum atomic E-state index is -0.573. The Bertz CT molecular complexity index is 1470. The summed E-state index contributed by atoms with van der Waals surface area (Å²) < 4.78 is 0. The van der Waals surface area contributed by atoms with E-state index in [1.54, 1.807) is 59.6 Å². The van der Waals surface area contributed by atoms with Crippen LogP contribution in [0.3, 0.4) is 0 Å². The number of piperidine rings is 1. The van der Waals surface area contributed by atoms with Gasteiger partial charge in [0.25, 0.3) is 5.91 Å². The molecule has 3 aromatic rings. The van der Waals surface area contributed by atoms with Gasteiger partial charge in [0, 0.05) is 46.4 Å². The number of aromatic nitrogens is 2. The number of rotatable bonds is 7. The van der Waals surface area contributed by atoms with Crippen LogP contribution >= 0.6 is 0 Å². The van der Waals surface area contributed by atoms with E-state index in [1.165, 1.54) is 6.92 Å². The van der Waals surface area contributed by atoms with Crippen LogP contribution in [0.25, 0.3) is 11.4 Å². The number of Topliss-reactive ketones (excluding diaryl/α,β-unsaturated/α-hetero) is 1. The van der Waals surface area contributed by atoms with Crippen LogP contribution in [0, 0.1) is 0 Å². The van der Waals surface area contributed by atoms with E-state index in [0.29, 0.717) is 52.6 Å². The molecule has 1 unspecified atom stereocenters. The fraction of sp³-hybridized carbons (Fsp3) is 0.214. The van der Waals surface area contributed by atoms with E-state index in [2.05, 4.69) is 32.5 Å². The summed E-state index contributed by atoms with van der Waals surface area (Å²) in [4.78, 5) is 60.1. The quantitative estimate of drug-likeness (QED) is 0.416. The summed E-state index contributed by atoms with van der Waals surface area (Å²) in [6.45, 7) is 5.47. The Balaban J connectivity index is 1.23. The van der Waals surface area contributed by atoms with Crippen LogP contribution in [0.2, 0.25) is 0 Å². The fourth-order valence-corrected chi connectivity index (χ4v) is 4.60. The molecule has 3 N–H and O–H groups in total. The van der Waals surface area contributed by atoms with Crippen molar-refractivity contribution >= 4 is 35.0 Å². The van der Waals surface area contributed by atoms with Gasteiger partial charge in [0.1, 0.15) is 11.9 Å². The average Bonchev–Trinajstić information content (AvgIpc) is 3.25. The van der Waals surface area contributed by atoms with Gasteiger partial charge < -0.3 is 20.9 Å². The first-order chi connectivity index (χ1) is 18.3. The summed E-state index contributed by atoms with van der Waals surface area (Å²) in [5, 5.41) is 8.59. The van der Waals surface area contributed by atoms with Crippen LogP contribution in [0.15, 0.2) is 67.0 Å². The molecule has 0 saturated carbocycles.